The Hall–Kier alpha value is -4.24. The summed E-state index contributed by atoms with van der Waals surface area (Å²) in [5.74, 6) is -3.99. The standard InChI is InChI=1S/C25H16BrNO7/c1-9-16(26)20(29)14-15-18(22(31)24(33)23(32)21(15)30)27(17(14)19(9)28)12-7-4-6-11-10-5-2-3-8-13(10)34-25(11)12/h2-8,28-33H,1H3. The van der Waals surface area contributed by atoms with Crippen LogP contribution in [0.2, 0.25) is 0 Å². The van der Waals surface area contributed by atoms with Gasteiger partial charge in [-0.3, -0.25) is 4.57 Å². The molecule has 9 heteroatoms. The lowest BCUT2D eigenvalue weighted by Crippen LogP contribution is -1.96. The molecule has 4 aromatic carbocycles. The lowest BCUT2D eigenvalue weighted by Gasteiger charge is -2.13. The number of rotatable bonds is 1. The van der Waals surface area contributed by atoms with Gasteiger partial charge in [0.05, 0.1) is 20.9 Å². The molecule has 0 aliphatic rings. The maximum absolute atomic E-state index is 11.2. The molecule has 0 atom stereocenters. The number of furan rings is 1. The molecule has 6 rings (SSSR count). The summed E-state index contributed by atoms with van der Waals surface area (Å²) in [5.41, 5.74) is 1.59. The van der Waals surface area contributed by atoms with E-state index in [-0.39, 0.29) is 37.8 Å². The first-order valence-electron chi connectivity index (χ1n) is 10.2. The molecule has 34 heavy (non-hydrogen) atoms. The van der Waals surface area contributed by atoms with Crippen molar-refractivity contribution in [1.82, 2.24) is 4.57 Å². The highest BCUT2D eigenvalue weighted by molar-refractivity contribution is 9.10. The van der Waals surface area contributed by atoms with Crippen LogP contribution in [0, 0.1) is 6.92 Å². The first-order chi connectivity index (χ1) is 16.2. The lowest BCUT2D eigenvalue weighted by molar-refractivity contribution is 0.350. The number of aromatic nitrogens is 1. The van der Waals surface area contributed by atoms with Crippen LogP contribution in [0.4, 0.5) is 0 Å². The SMILES string of the molecule is Cc1c(Br)c(O)c2c3c(O)c(O)c(O)c(O)c3n(-c3cccc4c3oc3ccccc34)c2c1O. The molecule has 0 fully saturated rings. The average molecular weight is 522 g/mol. The van der Waals surface area contributed by atoms with Gasteiger partial charge >= 0.3 is 0 Å². The molecule has 0 aliphatic heterocycles. The van der Waals surface area contributed by atoms with Gasteiger partial charge in [0.1, 0.15) is 28.1 Å². The Morgan fingerprint density at radius 2 is 1.29 bits per heavy atom. The minimum Gasteiger partial charge on any atom is -0.506 e. The molecule has 0 saturated heterocycles. The Kier molecular flexibility index (Phi) is 3.98. The van der Waals surface area contributed by atoms with E-state index in [0.29, 0.717) is 22.4 Å². The minimum absolute atomic E-state index is 0.0387. The number of nitrogens with zero attached hydrogens (tertiary/aromatic N) is 1. The molecule has 8 nitrogen and oxygen atoms in total. The summed E-state index contributed by atoms with van der Waals surface area (Å²) in [4.78, 5) is 0. The summed E-state index contributed by atoms with van der Waals surface area (Å²) >= 11 is 3.25. The van der Waals surface area contributed by atoms with Crippen LogP contribution in [-0.4, -0.2) is 35.2 Å². The van der Waals surface area contributed by atoms with Crippen molar-refractivity contribution in [3.8, 4) is 40.2 Å². The molecular weight excluding hydrogens is 506 g/mol. The average Bonchev–Trinajstić information content (AvgIpc) is 3.40. The van der Waals surface area contributed by atoms with E-state index in [4.69, 9.17) is 4.42 Å². The number of phenols is 6. The van der Waals surface area contributed by atoms with E-state index in [1.54, 1.807) is 19.1 Å². The Bertz CT molecular complexity index is 1770. The highest BCUT2D eigenvalue weighted by Gasteiger charge is 2.31. The van der Waals surface area contributed by atoms with E-state index in [9.17, 15) is 30.6 Å². The van der Waals surface area contributed by atoms with Gasteiger partial charge in [-0.25, -0.2) is 0 Å². The largest absolute Gasteiger partial charge is 0.506 e. The fraction of sp³-hybridized carbons (Fsp3) is 0.0400. The van der Waals surface area contributed by atoms with E-state index in [1.165, 1.54) is 4.57 Å². The van der Waals surface area contributed by atoms with Crippen LogP contribution in [0.5, 0.6) is 34.5 Å². The van der Waals surface area contributed by atoms with Crippen molar-refractivity contribution in [2.45, 2.75) is 6.92 Å². The normalized spacial score (nSPS) is 11.9. The predicted octanol–water partition coefficient (Wildman–Crippen LogP) is 5.99. The summed E-state index contributed by atoms with van der Waals surface area (Å²) in [6, 6.07) is 12.7. The molecule has 0 bridgehead atoms. The summed E-state index contributed by atoms with van der Waals surface area (Å²) in [5, 5.41) is 65.8. The fourth-order valence-corrected chi connectivity index (χ4v) is 5.04. The predicted molar refractivity (Wildman–Crippen MR) is 130 cm³/mol. The van der Waals surface area contributed by atoms with Gasteiger partial charge < -0.3 is 35.1 Å². The van der Waals surface area contributed by atoms with Gasteiger partial charge in [-0.05, 0) is 35.0 Å². The van der Waals surface area contributed by atoms with Gasteiger partial charge in [-0.2, -0.15) is 0 Å². The van der Waals surface area contributed by atoms with Gasteiger partial charge in [0.2, 0.25) is 11.5 Å². The van der Waals surface area contributed by atoms with Crippen molar-refractivity contribution < 1.29 is 35.1 Å². The van der Waals surface area contributed by atoms with Crippen molar-refractivity contribution in [3.05, 3.63) is 52.5 Å². The summed E-state index contributed by atoms with van der Waals surface area (Å²) in [7, 11) is 0. The summed E-state index contributed by atoms with van der Waals surface area (Å²) in [6.07, 6.45) is 0. The van der Waals surface area contributed by atoms with Gasteiger partial charge in [0, 0.05) is 16.3 Å². The molecule has 0 unspecified atom stereocenters. The van der Waals surface area contributed by atoms with Gasteiger partial charge in [0.15, 0.2) is 17.1 Å². The van der Waals surface area contributed by atoms with Gasteiger partial charge in [0.25, 0.3) is 0 Å². The number of phenolic OH excluding ortho intramolecular Hbond substituents is 6. The van der Waals surface area contributed by atoms with Crippen molar-refractivity contribution in [1.29, 1.82) is 0 Å². The van der Waals surface area contributed by atoms with E-state index >= 15 is 0 Å². The molecule has 2 heterocycles. The Morgan fingerprint density at radius 3 is 2.06 bits per heavy atom. The maximum Gasteiger partial charge on any atom is 0.206 e. The summed E-state index contributed by atoms with van der Waals surface area (Å²) in [6.45, 7) is 1.58. The molecule has 2 aromatic heterocycles. The number of halogens is 1. The third-order valence-electron chi connectivity index (χ3n) is 6.28. The molecule has 0 saturated carbocycles. The molecule has 0 spiro atoms. The molecule has 0 amide bonds. The van der Waals surface area contributed by atoms with Crippen molar-refractivity contribution >= 4 is 59.7 Å². The lowest BCUT2D eigenvalue weighted by atomic mass is 10.1. The van der Waals surface area contributed by atoms with Crippen LogP contribution in [0.15, 0.2) is 51.4 Å². The maximum atomic E-state index is 11.2. The highest BCUT2D eigenvalue weighted by atomic mass is 79.9. The Labute approximate surface area is 198 Å². The molecule has 0 aliphatic carbocycles. The number of hydrogen-bond acceptors (Lipinski definition) is 7. The molecule has 6 aromatic rings. The number of hydrogen-bond donors (Lipinski definition) is 6. The monoisotopic (exact) mass is 521 g/mol. The second-order valence-corrected chi connectivity index (χ2v) is 8.86. The van der Waals surface area contributed by atoms with Gasteiger partial charge in [-0.1, -0.05) is 30.3 Å². The topological polar surface area (TPSA) is 139 Å². The van der Waals surface area contributed by atoms with E-state index < -0.39 is 23.0 Å². The third kappa shape index (κ3) is 2.31. The van der Waals surface area contributed by atoms with E-state index in [1.807, 2.05) is 30.3 Å². The first kappa shape index (κ1) is 20.4. The quantitative estimate of drug-likeness (QED) is 0.115. The van der Waals surface area contributed by atoms with E-state index in [2.05, 4.69) is 15.9 Å². The molecule has 170 valence electrons. The molecular formula is C25H16BrNO7. The minimum atomic E-state index is -0.957. The van der Waals surface area contributed by atoms with E-state index in [0.717, 1.165) is 10.8 Å². The third-order valence-corrected chi connectivity index (χ3v) is 7.25. The van der Waals surface area contributed by atoms with Crippen LogP contribution in [0.25, 0.3) is 49.4 Å². The number of benzene rings is 4. The Balaban J connectivity index is 1.96. The zero-order valence-corrected chi connectivity index (χ0v) is 19.0. The fourth-order valence-electron chi connectivity index (χ4n) is 4.65. The van der Waals surface area contributed by atoms with Gasteiger partial charge in [-0.15, -0.1) is 0 Å². The second-order valence-electron chi connectivity index (χ2n) is 8.07. The Morgan fingerprint density at radius 1 is 0.676 bits per heavy atom. The van der Waals surface area contributed by atoms with Crippen LogP contribution in [0.3, 0.4) is 0 Å². The first-order valence-corrected chi connectivity index (χ1v) is 11.0. The second kappa shape index (κ2) is 6.64. The molecule has 0 radical (unpaired) electrons. The van der Waals surface area contributed by atoms with Crippen LogP contribution < -0.4 is 0 Å². The molecule has 6 N–H and O–H groups in total. The summed E-state index contributed by atoms with van der Waals surface area (Å²) < 4.78 is 7.68. The van der Waals surface area contributed by atoms with Crippen molar-refractivity contribution in [2.75, 3.05) is 0 Å². The zero-order chi connectivity index (χ0) is 24.0. The zero-order valence-electron chi connectivity index (χ0n) is 17.5. The van der Waals surface area contributed by atoms with Crippen molar-refractivity contribution in [3.63, 3.8) is 0 Å². The van der Waals surface area contributed by atoms with Crippen LogP contribution >= 0.6 is 15.9 Å². The van der Waals surface area contributed by atoms with Crippen LogP contribution in [0.1, 0.15) is 5.56 Å². The number of para-hydroxylation sites is 2. The highest BCUT2D eigenvalue weighted by Crippen LogP contribution is 2.57. The smallest absolute Gasteiger partial charge is 0.206 e. The number of fused-ring (bicyclic) bond motifs is 6. The van der Waals surface area contributed by atoms with Crippen molar-refractivity contribution in [2.24, 2.45) is 0 Å². The van der Waals surface area contributed by atoms with Crippen LogP contribution in [-0.2, 0) is 0 Å². The number of aromatic hydroxyl groups is 6.